The number of benzene rings is 2. The Morgan fingerprint density at radius 2 is 1.60 bits per heavy atom. The van der Waals surface area contributed by atoms with E-state index in [1.54, 1.807) is 55.5 Å². The number of rotatable bonds is 3. The van der Waals surface area contributed by atoms with Crippen molar-refractivity contribution in [3.8, 4) is 0 Å². The van der Waals surface area contributed by atoms with Gasteiger partial charge in [-0.2, -0.15) is 9.59 Å². The lowest BCUT2D eigenvalue weighted by Gasteiger charge is -2.28. The number of hydrogen-bond donors (Lipinski definition) is 1. The van der Waals surface area contributed by atoms with Crippen LogP contribution >= 0.6 is 0 Å². The monoisotopic (exact) mass is 409 g/mol. The first-order valence-corrected chi connectivity index (χ1v) is 9.65. The Bertz CT molecular complexity index is 1000. The number of carboxylic acid groups (broad SMARTS) is 1. The first-order valence-electron chi connectivity index (χ1n) is 9.65. The quantitative estimate of drug-likeness (QED) is 0.617. The van der Waals surface area contributed by atoms with Crippen molar-refractivity contribution in [3.05, 3.63) is 71.3 Å². The third-order valence-corrected chi connectivity index (χ3v) is 5.93. The highest BCUT2D eigenvalue weighted by Crippen LogP contribution is 2.35. The molecular formula is C22H21N2O6+. The lowest BCUT2D eigenvalue weighted by Crippen LogP contribution is -2.60. The molecule has 1 fully saturated rings. The van der Waals surface area contributed by atoms with Gasteiger partial charge in [-0.15, -0.1) is 4.48 Å². The molecule has 2 unspecified atom stereocenters. The van der Waals surface area contributed by atoms with Crippen LogP contribution in [0.3, 0.4) is 0 Å². The molecule has 8 heteroatoms. The first-order chi connectivity index (χ1) is 14.4. The van der Waals surface area contributed by atoms with E-state index in [0.29, 0.717) is 11.1 Å². The smallest absolute Gasteiger partial charge is 0.435 e. The minimum absolute atomic E-state index is 0.0582. The summed E-state index contributed by atoms with van der Waals surface area (Å²) in [5.74, 6) is -0.924. The molecule has 0 aliphatic carbocycles. The van der Waals surface area contributed by atoms with E-state index < -0.39 is 40.6 Å². The van der Waals surface area contributed by atoms with Gasteiger partial charge in [-0.25, -0.2) is 0 Å². The Balaban J connectivity index is 1.57. The van der Waals surface area contributed by atoms with Gasteiger partial charge in [0.05, 0.1) is 17.2 Å². The predicted molar refractivity (Wildman–Crippen MR) is 105 cm³/mol. The molecule has 0 radical (unpaired) electrons. The maximum atomic E-state index is 12.9. The van der Waals surface area contributed by atoms with Crippen LogP contribution in [0.25, 0.3) is 0 Å². The predicted octanol–water partition coefficient (Wildman–Crippen LogP) is 3.28. The third-order valence-electron chi connectivity index (χ3n) is 5.93. The fourth-order valence-electron chi connectivity index (χ4n) is 4.32. The molecule has 8 nitrogen and oxygen atoms in total. The Kier molecular flexibility index (Phi) is 4.87. The normalized spacial score (nSPS) is 25.3. The van der Waals surface area contributed by atoms with Crippen LogP contribution in [0, 0.1) is 0 Å². The van der Waals surface area contributed by atoms with E-state index in [1.807, 2.05) is 6.07 Å². The van der Waals surface area contributed by atoms with Crippen molar-refractivity contribution in [2.75, 3.05) is 6.54 Å². The van der Waals surface area contributed by atoms with Gasteiger partial charge in [-0.05, 0) is 24.6 Å². The number of amides is 4. The topological polar surface area (TPSA) is 101 Å². The molecular weight excluding hydrogens is 388 g/mol. The molecule has 1 saturated heterocycles. The summed E-state index contributed by atoms with van der Waals surface area (Å²) in [4.78, 5) is 51.8. The summed E-state index contributed by atoms with van der Waals surface area (Å²) in [6, 6.07) is 14.1. The van der Waals surface area contributed by atoms with Crippen molar-refractivity contribution in [1.82, 2.24) is 4.90 Å². The van der Waals surface area contributed by atoms with Crippen LogP contribution in [-0.2, 0) is 11.3 Å². The second kappa shape index (κ2) is 7.38. The van der Waals surface area contributed by atoms with Crippen molar-refractivity contribution in [2.24, 2.45) is 0 Å². The average molecular weight is 409 g/mol. The van der Waals surface area contributed by atoms with E-state index in [9.17, 15) is 24.3 Å². The third kappa shape index (κ3) is 2.96. The second-order valence-corrected chi connectivity index (χ2v) is 7.64. The van der Waals surface area contributed by atoms with Crippen LogP contribution in [-0.4, -0.2) is 57.1 Å². The summed E-state index contributed by atoms with van der Waals surface area (Å²) >= 11 is 0. The molecule has 2 aromatic carbocycles. The minimum atomic E-state index is -1.36. The molecule has 0 aromatic heterocycles. The van der Waals surface area contributed by atoms with Gasteiger partial charge < -0.3 is 9.84 Å². The van der Waals surface area contributed by atoms with E-state index in [4.69, 9.17) is 4.74 Å². The first kappa shape index (κ1) is 19.8. The number of nitrogens with zero attached hydrogens (tertiary/aromatic N) is 2. The standard InChI is InChI=1S/C22H20N2O6/c1-14-11-16(23-19(25)17-9-5-6-10-18(17)20(23)26)12-24(14,21(27)28)22(29)30-13-15-7-3-2-4-8-15/h2-10,14,16H,11-13H2,1H3/p+1/t14?,16?,24-/m0/s1. The number of ether oxygens (including phenoxy) is 1. The Morgan fingerprint density at radius 1 is 1.03 bits per heavy atom. The van der Waals surface area contributed by atoms with Crippen molar-refractivity contribution in [2.45, 2.75) is 32.0 Å². The lowest BCUT2D eigenvalue weighted by atomic mass is 10.1. The molecule has 30 heavy (non-hydrogen) atoms. The fourth-order valence-corrected chi connectivity index (χ4v) is 4.32. The van der Waals surface area contributed by atoms with Gasteiger partial charge in [0.15, 0.2) is 0 Å². The fraction of sp³-hybridized carbons (Fsp3) is 0.273. The Labute approximate surface area is 172 Å². The number of carbonyl (C=O) groups is 4. The number of hydrogen-bond acceptors (Lipinski definition) is 5. The molecule has 0 spiro atoms. The number of carbonyl (C=O) groups excluding carboxylic acids is 3. The van der Waals surface area contributed by atoms with Gasteiger partial charge in [-0.3, -0.25) is 14.5 Å². The zero-order valence-corrected chi connectivity index (χ0v) is 16.4. The molecule has 4 rings (SSSR count). The highest BCUT2D eigenvalue weighted by Gasteiger charge is 2.61. The number of imide groups is 2. The molecule has 4 amide bonds. The van der Waals surface area contributed by atoms with Crippen molar-refractivity contribution in [1.29, 1.82) is 0 Å². The summed E-state index contributed by atoms with van der Waals surface area (Å²) in [6.07, 6.45) is -2.07. The average Bonchev–Trinajstić information content (AvgIpc) is 3.22. The molecule has 2 aromatic rings. The van der Waals surface area contributed by atoms with Crippen LogP contribution in [0.15, 0.2) is 54.6 Å². The van der Waals surface area contributed by atoms with Gasteiger partial charge in [0.1, 0.15) is 19.2 Å². The van der Waals surface area contributed by atoms with Crippen LogP contribution in [0.5, 0.6) is 0 Å². The zero-order chi connectivity index (χ0) is 21.5. The number of likely N-dealkylation sites (tertiary alicyclic amines) is 1. The van der Waals surface area contributed by atoms with E-state index in [0.717, 1.165) is 10.5 Å². The molecule has 1 N–H and O–H groups in total. The van der Waals surface area contributed by atoms with E-state index >= 15 is 0 Å². The SMILES string of the molecule is CC1CC(N2C(=O)c3ccccc3C2=O)C[N@+]1(C(=O)O)C(=O)OCc1ccccc1. The number of quaternary nitrogens is 1. The Morgan fingerprint density at radius 3 is 2.17 bits per heavy atom. The van der Waals surface area contributed by atoms with Gasteiger partial charge in [0, 0.05) is 6.42 Å². The Hall–Kier alpha value is -3.52. The van der Waals surface area contributed by atoms with Gasteiger partial charge in [-0.1, -0.05) is 42.5 Å². The maximum absolute atomic E-state index is 12.9. The molecule has 154 valence electrons. The zero-order valence-electron chi connectivity index (χ0n) is 16.4. The summed E-state index contributed by atoms with van der Waals surface area (Å²) in [5.41, 5.74) is 1.32. The van der Waals surface area contributed by atoms with E-state index in [2.05, 4.69) is 0 Å². The van der Waals surface area contributed by atoms with Crippen molar-refractivity contribution < 1.29 is 33.5 Å². The molecule has 3 atom stereocenters. The van der Waals surface area contributed by atoms with Crippen molar-refractivity contribution in [3.63, 3.8) is 0 Å². The minimum Gasteiger partial charge on any atom is -0.435 e. The summed E-state index contributed by atoms with van der Waals surface area (Å²) in [6.45, 7) is 1.34. The van der Waals surface area contributed by atoms with Gasteiger partial charge in [0.25, 0.3) is 11.8 Å². The van der Waals surface area contributed by atoms with Crippen LogP contribution in [0.2, 0.25) is 0 Å². The molecule has 2 aliphatic rings. The summed E-state index contributed by atoms with van der Waals surface area (Å²) in [5, 5.41) is 9.95. The molecule has 2 aliphatic heterocycles. The summed E-state index contributed by atoms with van der Waals surface area (Å²) in [7, 11) is 0. The molecule has 2 heterocycles. The van der Waals surface area contributed by atoms with Crippen molar-refractivity contribution >= 4 is 24.0 Å². The van der Waals surface area contributed by atoms with E-state index in [1.165, 1.54) is 0 Å². The van der Waals surface area contributed by atoms with Crippen LogP contribution in [0.4, 0.5) is 9.59 Å². The largest absolute Gasteiger partial charge is 0.527 e. The summed E-state index contributed by atoms with van der Waals surface area (Å²) < 4.78 is 4.36. The number of fused-ring (bicyclic) bond motifs is 1. The maximum Gasteiger partial charge on any atom is 0.527 e. The van der Waals surface area contributed by atoms with Gasteiger partial charge in [0.2, 0.25) is 0 Å². The lowest BCUT2D eigenvalue weighted by molar-refractivity contribution is -0.796. The van der Waals surface area contributed by atoms with Gasteiger partial charge >= 0.3 is 12.2 Å². The highest BCUT2D eigenvalue weighted by molar-refractivity contribution is 6.21. The second-order valence-electron chi connectivity index (χ2n) is 7.64. The highest BCUT2D eigenvalue weighted by atomic mass is 16.6. The molecule has 0 saturated carbocycles. The van der Waals surface area contributed by atoms with E-state index in [-0.39, 0.29) is 19.6 Å². The van der Waals surface area contributed by atoms with Crippen LogP contribution < -0.4 is 0 Å². The van der Waals surface area contributed by atoms with Crippen LogP contribution in [0.1, 0.15) is 39.6 Å². The molecule has 0 bridgehead atoms.